The highest BCUT2D eigenvalue weighted by Crippen LogP contribution is 2.03. The Kier molecular flexibility index (Phi) is 4.10. The summed E-state index contributed by atoms with van der Waals surface area (Å²) in [5.41, 5.74) is 2.38. The number of aliphatic hydroxyl groups excluding tert-OH is 1. The van der Waals surface area contributed by atoms with Crippen LogP contribution in [0.5, 0.6) is 0 Å². The molecule has 0 saturated carbocycles. The monoisotopic (exact) mass is 194 g/mol. The summed E-state index contributed by atoms with van der Waals surface area (Å²) in [5.74, 6) is -0.819. The van der Waals surface area contributed by atoms with Crippen molar-refractivity contribution < 1.29 is 15.1 Å². The van der Waals surface area contributed by atoms with E-state index in [0.717, 1.165) is 5.56 Å². The third-order valence-corrected chi connectivity index (χ3v) is 1.80. The summed E-state index contributed by atoms with van der Waals surface area (Å²) in [6.07, 6.45) is 0.622. The number of hydroxylamine groups is 1. The number of hydrogen-bond donors (Lipinski definition) is 3. The Balaban J connectivity index is 2.38. The Bertz CT molecular complexity index is 287. The largest absolute Gasteiger partial charge is 0.383 e. The van der Waals surface area contributed by atoms with Crippen molar-refractivity contribution in [1.82, 2.24) is 5.48 Å². The highest BCUT2D eigenvalue weighted by atomic mass is 16.5. The third kappa shape index (κ3) is 3.16. The van der Waals surface area contributed by atoms with E-state index in [-0.39, 0.29) is 0 Å². The maximum absolute atomic E-state index is 10.7. The van der Waals surface area contributed by atoms with Gasteiger partial charge in [0.05, 0.1) is 0 Å². The summed E-state index contributed by atoms with van der Waals surface area (Å²) in [4.78, 5) is 10.7. The Morgan fingerprint density at radius 2 is 2.07 bits per heavy atom. The fourth-order valence-corrected chi connectivity index (χ4v) is 1.03. The zero-order chi connectivity index (χ0) is 10.4. The minimum absolute atomic E-state index is 0.482. The van der Waals surface area contributed by atoms with Crippen LogP contribution in [-0.4, -0.2) is 22.3 Å². The van der Waals surface area contributed by atoms with Crippen molar-refractivity contribution in [3.05, 3.63) is 42.3 Å². The molecule has 1 aromatic carbocycles. The molecule has 1 atom stereocenters. The van der Waals surface area contributed by atoms with Crippen molar-refractivity contribution in [3.8, 4) is 0 Å². The number of rotatable bonds is 4. The normalized spacial score (nSPS) is 12.1. The standard InChI is InChI=1S/C10H12NO3/c12-9(10(13)11-14)7-6-8-4-2-1-3-5-8/h1-5,7,9,12,14H,6H2,(H,11,13)/t9-/m0/s1. The van der Waals surface area contributed by atoms with E-state index >= 15 is 0 Å². The molecular formula is C10H12NO3. The molecule has 0 unspecified atom stereocenters. The van der Waals surface area contributed by atoms with Crippen LogP contribution in [0.25, 0.3) is 0 Å². The average Bonchev–Trinajstić information content (AvgIpc) is 2.26. The van der Waals surface area contributed by atoms with E-state index in [0.29, 0.717) is 6.42 Å². The van der Waals surface area contributed by atoms with Gasteiger partial charge < -0.3 is 5.11 Å². The van der Waals surface area contributed by atoms with E-state index in [1.54, 1.807) is 0 Å². The van der Waals surface area contributed by atoms with Crippen molar-refractivity contribution in [1.29, 1.82) is 0 Å². The smallest absolute Gasteiger partial charge is 0.272 e. The first-order chi connectivity index (χ1) is 6.74. The molecular weight excluding hydrogens is 182 g/mol. The van der Waals surface area contributed by atoms with E-state index in [9.17, 15) is 4.79 Å². The quantitative estimate of drug-likeness (QED) is 0.477. The predicted molar refractivity (Wildman–Crippen MR) is 50.4 cm³/mol. The molecule has 1 aromatic rings. The average molecular weight is 194 g/mol. The summed E-state index contributed by atoms with van der Waals surface area (Å²) in [7, 11) is 0. The first-order valence-electron chi connectivity index (χ1n) is 4.23. The van der Waals surface area contributed by atoms with Crippen LogP contribution < -0.4 is 5.48 Å². The molecule has 1 amide bonds. The number of benzene rings is 1. The van der Waals surface area contributed by atoms with Gasteiger partial charge in [0.2, 0.25) is 0 Å². The zero-order valence-corrected chi connectivity index (χ0v) is 7.55. The molecule has 14 heavy (non-hydrogen) atoms. The maximum atomic E-state index is 10.7. The lowest BCUT2D eigenvalue weighted by Crippen LogP contribution is -2.32. The second kappa shape index (κ2) is 5.36. The SMILES string of the molecule is O=C(NO)[C@@H](O)[CH]Cc1ccccc1. The van der Waals surface area contributed by atoms with Crippen LogP contribution in [-0.2, 0) is 11.2 Å². The molecule has 0 aliphatic heterocycles. The van der Waals surface area contributed by atoms with Crippen molar-refractivity contribution in [2.75, 3.05) is 0 Å². The van der Waals surface area contributed by atoms with Crippen LogP contribution in [0.1, 0.15) is 5.56 Å². The molecule has 0 aliphatic rings. The van der Waals surface area contributed by atoms with Gasteiger partial charge in [-0.3, -0.25) is 10.0 Å². The van der Waals surface area contributed by atoms with Gasteiger partial charge in [0.1, 0.15) is 6.10 Å². The van der Waals surface area contributed by atoms with Gasteiger partial charge >= 0.3 is 0 Å². The fourth-order valence-electron chi connectivity index (χ4n) is 1.03. The van der Waals surface area contributed by atoms with Gasteiger partial charge in [-0.05, 0) is 12.0 Å². The van der Waals surface area contributed by atoms with Gasteiger partial charge in [-0.1, -0.05) is 30.3 Å². The Morgan fingerprint density at radius 3 is 2.64 bits per heavy atom. The molecule has 0 aromatic heterocycles. The van der Waals surface area contributed by atoms with Crippen LogP contribution in [0.15, 0.2) is 30.3 Å². The number of carbonyl (C=O) groups is 1. The zero-order valence-electron chi connectivity index (χ0n) is 7.55. The van der Waals surface area contributed by atoms with Crippen molar-refractivity contribution in [2.45, 2.75) is 12.5 Å². The van der Waals surface area contributed by atoms with Crippen LogP contribution in [0.3, 0.4) is 0 Å². The topological polar surface area (TPSA) is 69.6 Å². The highest BCUT2D eigenvalue weighted by molar-refractivity contribution is 5.80. The van der Waals surface area contributed by atoms with E-state index in [1.165, 1.54) is 11.9 Å². The molecule has 0 saturated heterocycles. The Hall–Kier alpha value is -1.39. The maximum Gasteiger partial charge on any atom is 0.272 e. The summed E-state index contributed by atoms with van der Waals surface area (Å²) in [6, 6.07) is 9.42. The molecule has 4 heteroatoms. The third-order valence-electron chi connectivity index (χ3n) is 1.80. The number of amides is 1. The lowest BCUT2D eigenvalue weighted by Gasteiger charge is -2.07. The summed E-state index contributed by atoms with van der Waals surface area (Å²) >= 11 is 0. The second-order valence-corrected chi connectivity index (χ2v) is 2.85. The summed E-state index contributed by atoms with van der Waals surface area (Å²) < 4.78 is 0. The summed E-state index contributed by atoms with van der Waals surface area (Å²) in [6.45, 7) is 0. The first kappa shape index (κ1) is 10.7. The second-order valence-electron chi connectivity index (χ2n) is 2.85. The molecule has 75 valence electrons. The Morgan fingerprint density at radius 1 is 1.43 bits per heavy atom. The van der Waals surface area contributed by atoms with Crippen LogP contribution >= 0.6 is 0 Å². The summed E-state index contributed by atoms with van der Waals surface area (Å²) in [5, 5.41) is 17.4. The van der Waals surface area contributed by atoms with E-state index in [1.807, 2.05) is 30.3 Å². The molecule has 0 spiro atoms. The van der Waals surface area contributed by atoms with Crippen LogP contribution in [0.4, 0.5) is 0 Å². The van der Waals surface area contributed by atoms with Gasteiger partial charge in [-0.15, -0.1) is 0 Å². The van der Waals surface area contributed by atoms with Gasteiger partial charge in [0.15, 0.2) is 0 Å². The van der Waals surface area contributed by atoms with Gasteiger partial charge in [-0.2, -0.15) is 0 Å². The molecule has 1 rings (SSSR count). The molecule has 0 heterocycles. The van der Waals surface area contributed by atoms with Crippen molar-refractivity contribution >= 4 is 5.91 Å². The van der Waals surface area contributed by atoms with Crippen LogP contribution in [0.2, 0.25) is 0 Å². The molecule has 0 aliphatic carbocycles. The molecule has 3 N–H and O–H groups in total. The van der Waals surface area contributed by atoms with E-state index in [4.69, 9.17) is 10.3 Å². The number of carbonyl (C=O) groups excluding carboxylic acids is 1. The lowest BCUT2D eigenvalue weighted by molar-refractivity contribution is -0.136. The Labute approximate surface area is 82.1 Å². The molecule has 0 fully saturated rings. The van der Waals surface area contributed by atoms with E-state index in [2.05, 4.69) is 0 Å². The van der Waals surface area contributed by atoms with Gasteiger partial charge in [-0.25, -0.2) is 5.48 Å². The number of hydrogen-bond acceptors (Lipinski definition) is 3. The molecule has 1 radical (unpaired) electrons. The minimum Gasteiger partial charge on any atom is -0.383 e. The van der Waals surface area contributed by atoms with E-state index < -0.39 is 12.0 Å². The van der Waals surface area contributed by atoms with Crippen molar-refractivity contribution in [2.24, 2.45) is 0 Å². The number of aliphatic hydroxyl groups is 1. The molecule has 0 bridgehead atoms. The predicted octanol–water partition coefficient (Wildman–Crippen LogP) is 0.300. The van der Waals surface area contributed by atoms with Gasteiger partial charge in [0.25, 0.3) is 5.91 Å². The van der Waals surface area contributed by atoms with Gasteiger partial charge in [0, 0.05) is 6.42 Å². The number of nitrogens with one attached hydrogen (secondary N) is 1. The fraction of sp³-hybridized carbons (Fsp3) is 0.200. The molecule has 4 nitrogen and oxygen atoms in total. The van der Waals surface area contributed by atoms with Crippen LogP contribution in [0, 0.1) is 6.42 Å². The highest BCUT2D eigenvalue weighted by Gasteiger charge is 2.13. The lowest BCUT2D eigenvalue weighted by atomic mass is 10.1. The van der Waals surface area contributed by atoms with Crippen molar-refractivity contribution in [3.63, 3.8) is 0 Å². The first-order valence-corrected chi connectivity index (χ1v) is 4.23. The minimum atomic E-state index is -1.28.